The molecule has 0 aromatic rings. The molecule has 0 atom stereocenters. The van der Waals surface area contributed by atoms with Crippen molar-refractivity contribution in [1.29, 1.82) is 0 Å². The lowest BCUT2D eigenvalue weighted by Gasteiger charge is -2.23. The monoisotopic (exact) mass is 400 g/mol. The van der Waals surface area contributed by atoms with Gasteiger partial charge in [0.2, 0.25) is 0 Å². The minimum Gasteiger partial charge on any atom is -1.00 e. The summed E-state index contributed by atoms with van der Waals surface area (Å²) in [6, 6.07) is 0. The second-order valence-corrected chi connectivity index (χ2v) is 8.88. The molecule has 2 aliphatic rings. The highest BCUT2D eigenvalue weighted by Crippen LogP contribution is 2.36. The fraction of sp³-hybridized carbons (Fsp3) is 0.933. The van der Waals surface area contributed by atoms with Crippen LogP contribution in [0, 0.1) is 5.92 Å². The molecule has 2 saturated heterocycles. The highest BCUT2D eigenvalue weighted by molar-refractivity contribution is 8.77. The molecular weight excluding hydrogens is 372 g/mol. The van der Waals surface area contributed by atoms with Gasteiger partial charge in [0.05, 0.1) is 32.9 Å². The van der Waals surface area contributed by atoms with Crippen LogP contribution in [0.15, 0.2) is 0 Å². The Bertz CT molecular complexity index is 315. The molecule has 0 spiro atoms. The molecule has 136 valence electrons. The van der Waals surface area contributed by atoms with Crippen LogP contribution >= 0.6 is 33.8 Å². The van der Waals surface area contributed by atoms with Crippen LogP contribution in [-0.4, -0.2) is 62.7 Å². The van der Waals surface area contributed by atoms with Gasteiger partial charge in [0.1, 0.15) is 13.1 Å². The number of hydrogen-bond donors (Lipinski definition) is 2. The molecule has 0 unspecified atom stereocenters. The third kappa shape index (κ3) is 10.2. The Morgan fingerprint density at radius 2 is 1.91 bits per heavy atom. The lowest BCUT2D eigenvalue weighted by atomic mass is 10.1. The van der Waals surface area contributed by atoms with Crippen molar-refractivity contribution < 1.29 is 26.8 Å². The van der Waals surface area contributed by atoms with E-state index in [1.165, 1.54) is 30.8 Å². The quantitative estimate of drug-likeness (QED) is 0.275. The van der Waals surface area contributed by atoms with Crippen molar-refractivity contribution in [2.45, 2.75) is 25.7 Å². The summed E-state index contributed by atoms with van der Waals surface area (Å²) < 4.78 is 10.9. The Kier molecular flexibility index (Phi) is 13.0. The fourth-order valence-electron chi connectivity index (χ4n) is 2.68. The zero-order valence-corrected chi connectivity index (χ0v) is 16.9. The van der Waals surface area contributed by atoms with Crippen LogP contribution in [0.25, 0.3) is 0 Å². The number of morpholine rings is 1. The minimum absolute atomic E-state index is 0. The molecule has 2 heterocycles. The maximum Gasteiger partial charge on any atom is 0.256 e. The molecule has 2 rings (SSSR count). The molecule has 2 N–H and O–H groups in total. The summed E-state index contributed by atoms with van der Waals surface area (Å²) in [5, 5.41) is 3.77. The van der Waals surface area contributed by atoms with Crippen LogP contribution < -0.4 is 22.6 Å². The number of quaternary nitrogens is 1. The zero-order chi connectivity index (χ0) is 15.5. The normalized spacial score (nSPS) is 19.3. The zero-order valence-electron chi connectivity index (χ0n) is 13.7. The number of halogens is 1. The number of unbranched alkanes of at least 4 members (excludes halogenated alkanes) is 2. The van der Waals surface area contributed by atoms with E-state index in [4.69, 9.17) is 21.7 Å². The molecule has 4 nitrogen and oxygen atoms in total. The molecular formula is C15H29ClN2O2S3. The van der Waals surface area contributed by atoms with Crippen molar-refractivity contribution in [2.75, 3.05) is 57.5 Å². The highest BCUT2D eigenvalue weighted by Gasteiger charge is 2.15. The van der Waals surface area contributed by atoms with Crippen LogP contribution in [0.2, 0.25) is 0 Å². The number of rotatable bonds is 9. The average molecular weight is 401 g/mol. The Hall–Kier alpha value is 0.600. The minimum atomic E-state index is 0. The Morgan fingerprint density at radius 1 is 1.17 bits per heavy atom. The van der Waals surface area contributed by atoms with Gasteiger partial charge in [-0.2, -0.15) is 0 Å². The van der Waals surface area contributed by atoms with Crippen molar-refractivity contribution in [3.8, 4) is 0 Å². The van der Waals surface area contributed by atoms with Crippen LogP contribution in [-0.2, 0) is 9.47 Å². The molecule has 23 heavy (non-hydrogen) atoms. The summed E-state index contributed by atoms with van der Waals surface area (Å²) in [5.74, 6) is 3.64. The second-order valence-electron chi connectivity index (χ2n) is 5.96. The first kappa shape index (κ1) is 21.6. The number of nitrogens with one attached hydrogen (secondary N) is 2. The summed E-state index contributed by atoms with van der Waals surface area (Å²) in [6.45, 7) is 6.71. The molecule has 0 aromatic heterocycles. The molecule has 0 bridgehead atoms. The summed E-state index contributed by atoms with van der Waals surface area (Å²) in [5.41, 5.74) is 0. The number of hydrogen-bond acceptors (Lipinski definition) is 5. The van der Waals surface area contributed by atoms with Crippen molar-refractivity contribution >= 4 is 39.0 Å². The van der Waals surface area contributed by atoms with E-state index in [9.17, 15) is 0 Å². The molecule has 2 aliphatic heterocycles. The van der Waals surface area contributed by atoms with E-state index >= 15 is 0 Å². The predicted molar refractivity (Wildman–Crippen MR) is 99.8 cm³/mol. The molecule has 0 saturated carbocycles. The first-order valence-electron chi connectivity index (χ1n) is 8.41. The molecule has 0 amide bonds. The van der Waals surface area contributed by atoms with Gasteiger partial charge in [-0.15, -0.1) is 0 Å². The first-order valence-corrected chi connectivity index (χ1v) is 11.3. The van der Waals surface area contributed by atoms with Crippen molar-refractivity contribution in [2.24, 2.45) is 5.92 Å². The SMILES string of the molecule is S=C(NCC[NH+]1CCOCC1)OCCCCCC1CSSC1.[Cl-]. The maximum atomic E-state index is 5.58. The van der Waals surface area contributed by atoms with Crippen LogP contribution in [0.5, 0.6) is 0 Å². The van der Waals surface area contributed by atoms with Gasteiger partial charge >= 0.3 is 0 Å². The van der Waals surface area contributed by atoms with Gasteiger partial charge in [-0.1, -0.05) is 34.4 Å². The fourth-order valence-corrected chi connectivity index (χ4v) is 5.90. The van der Waals surface area contributed by atoms with E-state index in [1.54, 1.807) is 4.90 Å². The topological polar surface area (TPSA) is 34.9 Å². The Labute approximate surface area is 160 Å². The van der Waals surface area contributed by atoms with Crippen molar-refractivity contribution in [3.63, 3.8) is 0 Å². The van der Waals surface area contributed by atoms with Crippen LogP contribution in [0.4, 0.5) is 0 Å². The van der Waals surface area contributed by atoms with E-state index in [0.29, 0.717) is 5.17 Å². The van der Waals surface area contributed by atoms with Crippen LogP contribution in [0.1, 0.15) is 25.7 Å². The van der Waals surface area contributed by atoms with Gasteiger partial charge in [0, 0.05) is 11.5 Å². The third-order valence-electron chi connectivity index (χ3n) is 4.13. The summed E-state index contributed by atoms with van der Waals surface area (Å²) in [4.78, 5) is 1.59. The molecule has 0 aliphatic carbocycles. The van der Waals surface area contributed by atoms with Gasteiger partial charge in [0.15, 0.2) is 0 Å². The Balaban J connectivity index is 0.00000264. The Morgan fingerprint density at radius 3 is 2.65 bits per heavy atom. The molecule has 8 heteroatoms. The van der Waals surface area contributed by atoms with Crippen LogP contribution in [0.3, 0.4) is 0 Å². The van der Waals surface area contributed by atoms with Gasteiger partial charge in [-0.05, 0) is 31.0 Å². The van der Waals surface area contributed by atoms with E-state index in [2.05, 4.69) is 5.32 Å². The van der Waals surface area contributed by atoms with Gasteiger partial charge in [-0.3, -0.25) is 0 Å². The van der Waals surface area contributed by atoms with E-state index in [1.807, 2.05) is 21.6 Å². The van der Waals surface area contributed by atoms with E-state index < -0.39 is 0 Å². The first-order chi connectivity index (χ1) is 10.8. The van der Waals surface area contributed by atoms with Crippen molar-refractivity contribution in [1.82, 2.24) is 5.32 Å². The molecule has 0 radical (unpaired) electrons. The lowest BCUT2D eigenvalue weighted by molar-refractivity contribution is -0.906. The summed E-state index contributed by atoms with van der Waals surface area (Å²) in [6.07, 6.45) is 5.08. The second kappa shape index (κ2) is 13.8. The standard InChI is InChI=1S/C15H28N2O2S3.ClH/c20-15(16-5-6-17-7-10-18-11-8-17)19-9-3-1-2-4-14-12-21-22-13-14;/h14H,1-13H2,(H,16,20);1H. The van der Waals surface area contributed by atoms with E-state index in [-0.39, 0.29) is 12.4 Å². The average Bonchev–Trinajstić information content (AvgIpc) is 3.05. The van der Waals surface area contributed by atoms with Crippen molar-refractivity contribution in [3.05, 3.63) is 0 Å². The summed E-state index contributed by atoms with van der Waals surface area (Å²) in [7, 11) is 4.06. The third-order valence-corrected chi connectivity index (χ3v) is 7.09. The predicted octanol–water partition coefficient (Wildman–Crippen LogP) is -1.63. The van der Waals surface area contributed by atoms with E-state index in [0.717, 1.165) is 58.3 Å². The largest absolute Gasteiger partial charge is 1.00 e. The number of ether oxygens (including phenoxy) is 2. The molecule has 0 aromatic carbocycles. The van der Waals surface area contributed by atoms with Gasteiger partial charge in [0.25, 0.3) is 5.17 Å². The number of thiocarbonyl (C=S) groups is 1. The molecule has 2 fully saturated rings. The maximum absolute atomic E-state index is 5.58. The van der Waals surface area contributed by atoms with Gasteiger partial charge < -0.3 is 32.1 Å². The lowest BCUT2D eigenvalue weighted by Crippen LogP contribution is -3.14. The smallest absolute Gasteiger partial charge is 0.256 e. The summed E-state index contributed by atoms with van der Waals surface area (Å²) >= 11 is 5.21. The highest BCUT2D eigenvalue weighted by atomic mass is 35.5. The van der Waals surface area contributed by atoms with Gasteiger partial charge in [-0.25, -0.2) is 0 Å².